The van der Waals surface area contributed by atoms with Crippen molar-refractivity contribution in [3.05, 3.63) is 29.8 Å². The maximum Gasteiger partial charge on any atom is 0.0577 e. The maximum atomic E-state index is 9.53. The number of aliphatic hydroxyl groups is 1. The summed E-state index contributed by atoms with van der Waals surface area (Å²) in [6.07, 6.45) is 1.34. The fourth-order valence-electron chi connectivity index (χ4n) is 1.38. The molecule has 0 saturated carbocycles. The Bertz CT molecular complexity index is 283. The van der Waals surface area contributed by atoms with Crippen molar-refractivity contribution >= 4 is 5.69 Å². The van der Waals surface area contributed by atoms with Gasteiger partial charge in [-0.3, -0.25) is 0 Å². The molecule has 0 bridgehead atoms. The second kappa shape index (κ2) is 5.01. The van der Waals surface area contributed by atoms with Crippen molar-refractivity contribution in [2.24, 2.45) is 0 Å². The molecule has 1 atom stereocenters. The first-order chi connectivity index (χ1) is 6.63. The lowest BCUT2D eigenvalue weighted by Crippen LogP contribution is -2.11. The largest absolute Gasteiger partial charge is 0.393 e. The van der Waals surface area contributed by atoms with Crippen LogP contribution in [0.15, 0.2) is 24.3 Å². The lowest BCUT2D eigenvalue weighted by molar-refractivity contribution is 0.171. The molecule has 14 heavy (non-hydrogen) atoms. The third-order valence-corrected chi connectivity index (χ3v) is 2.37. The van der Waals surface area contributed by atoms with Gasteiger partial charge in [0.2, 0.25) is 0 Å². The minimum atomic E-state index is -0.215. The van der Waals surface area contributed by atoms with Crippen LogP contribution < -0.4 is 4.90 Å². The van der Waals surface area contributed by atoms with Crippen LogP contribution in [0, 0.1) is 0 Å². The predicted molar refractivity (Wildman–Crippen MR) is 60.8 cm³/mol. The molecule has 0 aliphatic heterocycles. The quantitative estimate of drug-likeness (QED) is 0.791. The van der Waals surface area contributed by atoms with E-state index in [0.717, 1.165) is 12.8 Å². The summed E-state index contributed by atoms with van der Waals surface area (Å²) in [5.74, 6) is 0. The van der Waals surface area contributed by atoms with Crippen molar-refractivity contribution in [2.75, 3.05) is 19.0 Å². The molecule has 1 rings (SSSR count). The molecule has 0 amide bonds. The standard InChI is InChI=1S/C12H19NO/c1-4-12(14)9-10-6-5-7-11(8-10)13(2)3/h5-8,12,14H,4,9H2,1-3H3/t12-/m0/s1. The Balaban J connectivity index is 2.73. The molecule has 0 radical (unpaired) electrons. The summed E-state index contributed by atoms with van der Waals surface area (Å²) >= 11 is 0. The minimum Gasteiger partial charge on any atom is -0.393 e. The summed E-state index contributed by atoms with van der Waals surface area (Å²) in [5.41, 5.74) is 2.39. The minimum absolute atomic E-state index is 0.215. The zero-order valence-corrected chi connectivity index (χ0v) is 9.20. The smallest absolute Gasteiger partial charge is 0.0577 e. The molecule has 2 heteroatoms. The topological polar surface area (TPSA) is 23.5 Å². The van der Waals surface area contributed by atoms with Crippen LogP contribution in [-0.4, -0.2) is 25.3 Å². The van der Waals surface area contributed by atoms with Gasteiger partial charge in [-0.05, 0) is 30.5 Å². The monoisotopic (exact) mass is 193 g/mol. The number of anilines is 1. The van der Waals surface area contributed by atoms with Gasteiger partial charge >= 0.3 is 0 Å². The second-order valence-corrected chi connectivity index (χ2v) is 3.83. The van der Waals surface area contributed by atoms with Gasteiger partial charge in [0, 0.05) is 19.8 Å². The van der Waals surface area contributed by atoms with Crippen LogP contribution in [-0.2, 0) is 6.42 Å². The highest BCUT2D eigenvalue weighted by Crippen LogP contribution is 2.15. The molecule has 2 nitrogen and oxygen atoms in total. The molecule has 0 saturated heterocycles. The summed E-state index contributed by atoms with van der Waals surface area (Å²) in [5, 5.41) is 9.53. The molecule has 1 N–H and O–H groups in total. The van der Waals surface area contributed by atoms with E-state index in [4.69, 9.17) is 0 Å². The van der Waals surface area contributed by atoms with Crippen molar-refractivity contribution in [3.8, 4) is 0 Å². The van der Waals surface area contributed by atoms with Gasteiger partial charge in [-0.15, -0.1) is 0 Å². The summed E-state index contributed by atoms with van der Waals surface area (Å²) in [6.45, 7) is 2.00. The molecule has 0 fully saturated rings. The van der Waals surface area contributed by atoms with Crippen LogP contribution in [0.5, 0.6) is 0 Å². The van der Waals surface area contributed by atoms with Gasteiger partial charge in [0.1, 0.15) is 0 Å². The maximum absolute atomic E-state index is 9.53. The molecule has 0 aliphatic rings. The molecule has 0 unspecified atom stereocenters. The van der Waals surface area contributed by atoms with E-state index in [1.54, 1.807) is 0 Å². The van der Waals surface area contributed by atoms with E-state index in [9.17, 15) is 5.11 Å². The van der Waals surface area contributed by atoms with Crippen LogP contribution in [0.4, 0.5) is 5.69 Å². The van der Waals surface area contributed by atoms with E-state index in [1.165, 1.54) is 11.3 Å². The Kier molecular flexibility index (Phi) is 3.96. The highest BCUT2D eigenvalue weighted by Gasteiger charge is 2.03. The Hall–Kier alpha value is -1.02. The van der Waals surface area contributed by atoms with Crippen LogP contribution in [0.25, 0.3) is 0 Å². The first-order valence-corrected chi connectivity index (χ1v) is 5.07. The van der Waals surface area contributed by atoms with E-state index in [-0.39, 0.29) is 6.10 Å². The van der Waals surface area contributed by atoms with E-state index >= 15 is 0 Å². The fraction of sp³-hybridized carbons (Fsp3) is 0.500. The lowest BCUT2D eigenvalue weighted by atomic mass is 10.1. The number of hydrogen-bond acceptors (Lipinski definition) is 2. The van der Waals surface area contributed by atoms with E-state index in [0.29, 0.717) is 0 Å². The zero-order valence-electron chi connectivity index (χ0n) is 9.20. The van der Waals surface area contributed by atoms with Gasteiger partial charge in [0.05, 0.1) is 6.10 Å². The zero-order chi connectivity index (χ0) is 10.6. The van der Waals surface area contributed by atoms with Gasteiger partial charge in [-0.2, -0.15) is 0 Å². The molecule has 1 aromatic carbocycles. The highest BCUT2D eigenvalue weighted by molar-refractivity contribution is 5.47. The van der Waals surface area contributed by atoms with E-state index in [2.05, 4.69) is 23.1 Å². The average molecular weight is 193 g/mol. The summed E-state index contributed by atoms with van der Waals surface area (Å²) in [6, 6.07) is 8.29. The number of nitrogens with zero attached hydrogens (tertiary/aromatic N) is 1. The molecular weight excluding hydrogens is 174 g/mol. The van der Waals surface area contributed by atoms with Gasteiger partial charge in [0.15, 0.2) is 0 Å². The molecule has 0 aliphatic carbocycles. The first-order valence-electron chi connectivity index (χ1n) is 5.07. The van der Waals surface area contributed by atoms with Gasteiger partial charge < -0.3 is 10.0 Å². The summed E-state index contributed by atoms with van der Waals surface area (Å²) in [7, 11) is 4.05. The first kappa shape index (κ1) is 11.1. The summed E-state index contributed by atoms with van der Waals surface area (Å²) in [4.78, 5) is 2.07. The molecule has 0 spiro atoms. The molecule has 0 heterocycles. The van der Waals surface area contributed by atoms with Crippen molar-refractivity contribution in [3.63, 3.8) is 0 Å². The fourth-order valence-corrected chi connectivity index (χ4v) is 1.38. The number of hydrogen-bond donors (Lipinski definition) is 1. The molecular formula is C12H19NO. The van der Waals surface area contributed by atoms with Gasteiger partial charge in [-0.1, -0.05) is 19.1 Å². The Morgan fingerprint density at radius 2 is 2.07 bits per heavy atom. The van der Waals surface area contributed by atoms with Crippen molar-refractivity contribution in [1.82, 2.24) is 0 Å². The van der Waals surface area contributed by atoms with Gasteiger partial charge in [-0.25, -0.2) is 0 Å². The normalized spacial score (nSPS) is 12.6. The third-order valence-electron chi connectivity index (χ3n) is 2.37. The van der Waals surface area contributed by atoms with Gasteiger partial charge in [0.25, 0.3) is 0 Å². The van der Waals surface area contributed by atoms with Crippen molar-refractivity contribution in [2.45, 2.75) is 25.9 Å². The number of benzene rings is 1. The van der Waals surface area contributed by atoms with Crippen LogP contribution in [0.2, 0.25) is 0 Å². The highest BCUT2D eigenvalue weighted by atomic mass is 16.3. The number of rotatable bonds is 4. The lowest BCUT2D eigenvalue weighted by Gasteiger charge is -2.14. The molecule has 0 aromatic heterocycles. The average Bonchev–Trinajstić information content (AvgIpc) is 2.18. The van der Waals surface area contributed by atoms with Crippen molar-refractivity contribution < 1.29 is 5.11 Å². The Morgan fingerprint density at radius 1 is 1.36 bits per heavy atom. The SMILES string of the molecule is CC[C@H](O)Cc1cccc(N(C)C)c1. The predicted octanol–water partition coefficient (Wildman–Crippen LogP) is 2.07. The Labute approximate surface area is 86.2 Å². The number of aliphatic hydroxyl groups excluding tert-OH is 1. The van der Waals surface area contributed by atoms with E-state index in [1.807, 2.05) is 27.1 Å². The third kappa shape index (κ3) is 3.04. The molecule has 78 valence electrons. The van der Waals surface area contributed by atoms with E-state index < -0.39 is 0 Å². The van der Waals surface area contributed by atoms with Crippen LogP contribution >= 0.6 is 0 Å². The van der Waals surface area contributed by atoms with Crippen molar-refractivity contribution in [1.29, 1.82) is 0 Å². The van der Waals surface area contributed by atoms with Crippen LogP contribution in [0.3, 0.4) is 0 Å². The van der Waals surface area contributed by atoms with Crippen LogP contribution in [0.1, 0.15) is 18.9 Å². The second-order valence-electron chi connectivity index (χ2n) is 3.83. The Morgan fingerprint density at radius 3 is 2.64 bits per heavy atom. The summed E-state index contributed by atoms with van der Waals surface area (Å²) < 4.78 is 0. The molecule has 1 aromatic rings.